The zero-order chi connectivity index (χ0) is 10.3. The molecule has 0 aliphatic heterocycles. The Bertz CT molecular complexity index is 463. The van der Waals surface area contributed by atoms with Gasteiger partial charge in [-0.3, -0.25) is 0 Å². The number of hydrogen-bond donors (Lipinski definition) is 0. The minimum atomic E-state index is 0.158. The van der Waals surface area contributed by atoms with Crippen LogP contribution >= 0.6 is 0 Å². The van der Waals surface area contributed by atoms with E-state index < -0.39 is 0 Å². The quantitative estimate of drug-likeness (QED) is 0.636. The summed E-state index contributed by atoms with van der Waals surface area (Å²) < 4.78 is 1.84. The topological polar surface area (TPSA) is 30.2 Å². The van der Waals surface area contributed by atoms with Crippen LogP contribution < -0.4 is 0 Å². The molecule has 0 saturated heterocycles. The van der Waals surface area contributed by atoms with Crippen molar-refractivity contribution < 1.29 is 0 Å². The molecule has 2 rings (SSSR count). The summed E-state index contributed by atoms with van der Waals surface area (Å²) in [4.78, 5) is 4.19. The molecule has 0 N–H and O–H groups in total. The van der Waals surface area contributed by atoms with Crippen LogP contribution in [0.3, 0.4) is 0 Å². The Labute approximate surface area is 83.8 Å². The molecule has 14 heavy (non-hydrogen) atoms. The normalized spacial score (nSPS) is 12.3. The molecule has 0 spiro atoms. The number of fused-ring (bicyclic) bond motifs is 1. The van der Waals surface area contributed by atoms with Crippen LogP contribution in [0.1, 0.15) is 31.9 Å². The van der Waals surface area contributed by atoms with Gasteiger partial charge in [0.05, 0.1) is 0 Å². The Morgan fingerprint density at radius 3 is 2.64 bits per heavy atom. The minimum absolute atomic E-state index is 0.158. The van der Waals surface area contributed by atoms with E-state index in [2.05, 4.69) is 50.0 Å². The molecule has 0 aliphatic carbocycles. The highest BCUT2D eigenvalue weighted by atomic mass is 15.3. The fourth-order valence-corrected chi connectivity index (χ4v) is 1.50. The lowest BCUT2D eigenvalue weighted by atomic mass is 9.88. The van der Waals surface area contributed by atoms with Crippen LogP contribution in [0.15, 0.2) is 18.6 Å². The Morgan fingerprint density at radius 2 is 2.00 bits per heavy atom. The second-order valence-corrected chi connectivity index (χ2v) is 4.69. The van der Waals surface area contributed by atoms with E-state index in [-0.39, 0.29) is 5.41 Å². The molecule has 2 aromatic rings. The lowest BCUT2D eigenvalue weighted by molar-refractivity contribution is 0.584. The fraction of sp³-hybridized carbons (Fsp3) is 0.455. The van der Waals surface area contributed by atoms with Crippen LogP contribution in [-0.2, 0) is 5.41 Å². The van der Waals surface area contributed by atoms with E-state index in [1.807, 2.05) is 4.52 Å². The van der Waals surface area contributed by atoms with E-state index >= 15 is 0 Å². The predicted octanol–water partition coefficient (Wildman–Crippen LogP) is 2.34. The lowest BCUT2D eigenvalue weighted by Crippen LogP contribution is -2.12. The molecule has 3 heteroatoms. The molecular weight excluding hydrogens is 174 g/mol. The van der Waals surface area contributed by atoms with Crippen LogP contribution in [0.25, 0.3) is 5.65 Å². The van der Waals surface area contributed by atoms with E-state index in [9.17, 15) is 0 Å². The van der Waals surface area contributed by atoms with Crippen molar-refractivity contribution in [1.29, 1.82) is 0 Å². The van der Waals surface area contributed by atoms with Crippen LogP contribution in [0.4, 0.5) is 0 Å². The van der Waals surface area contributed by atoms with Gasteiger partial charge in [-0.2, -0.15) is 5.10 Å². The van der Waals surface area contributed by atoms with Gasteiger partial charge in [-0.25, -0.2) is 9.50 Å². The summed E-state index contributed by atoms with van der Waals surface area (Å²) in [6, 6.07) is 2.18. The second kappa shape index (κ2) is 2.80. The molecule has 0 atom stereocenters. The molecule has 0 fully saturated rings. The summed E-state index contributed by atoms with van der Waals surface area (Å²) in [5.41, 5.74) is 3.56. The molecule has 0 amide bonds. The van der Waals surface area contributed by atoms with E-state index in [4.69, 9.17) is 0 Å². The molecule has 0 unspecified atom stereocenters. The van der Waals surface area contributed by atoms with Gasteiger partial charge in [-0.15, -0.1) is 0 Å². The number of nitrogens with zero attached hydrogens (tertiary/aromatic N) is 3. The van der Waals surface area contributed by atoms with Gasteiger partial charge in [0.2, 0.25) is 0 Å². The van der Waals surface area contributed by atoms with Crippen molar-refractivity contribution in [2.75, 3.05) is 0 Å². The average Bonchev–Trinajstić information content (AvgIpc) is 2.50. The summed E-state index contributed by atoms with van der Waals surface area (Å²) in [7, 11) is 0. The summed E-state index contributed by atoms with van der Waals surface area (Å²) in [6.45, 7) is 8.67. The van der Waals surface area contributed by atoms with Crippen molar-refractivity contribution in [1.82, 2.24) is 14.6 Å². The van der Waals surface area contributed by atoms with Gasteiger partial charge in [0.15, 0.2) is 5.65 Å². The Kier molecular flexibility index (Phi) is 1.84. The highest BCUT2D eigenvalue weighted by molar-refractivity contribution is 5.47. The first-order chi connectivity index (χ1) is 6.48. The van der Waals surface area contributed by atoms with Gasteiger partial charge >= 0.3 is 0 Å². The highest BCUT2D eigenvalue weighted by Gasteiger charge is 2.15. The summed E-state index contributed by atoms with van der Waals surface area (Å²) >= 11 is 0. The third kappa shape index (κ3) is 1.39. The monoisotopic (exact) mass is 189 g/mol. The van der Waals surface area contributed by atoms with E-state index in [1.165, 1.54) is 11.1 Å². The minimum Gasteiger partial charge on any atom is -0.221 e. The predicted molar refractivity (Wildman–Crippen MR) is 56.4 cm³/mol. The van der Waals surface area contributed by atoms with Crippen LogP contribution in [0, 0.1) is 6.92 Å². The van der Waals surface area contributed by atoms with Crippen LogP contribution in [-0.4, -0.2) is 14.6 Å². The number of hydrogen-bond acceptors (Lipinski definition) is 2. The van der Waals surface area contributed by atoms with Gasteiger partial charge in [0.1, 0.15) is 6.33 Å². The first kappa shape index (κ1) is 9.19. The van der Waals surface area contributed by atoms with Gasteiger partial charge in [-0.05, 0) is 23.5 Å². The number of pyridine rings is 1. The highest BCUT2D eigenvalue weighted by Crippen LogP contribution is 2.23. The van der Waals surface area contributed by atoms with Crippen molar-refractivity contribution in [2.24, 2.45) is 0 Å². The molecule has 2 aromatic heterocycles. The van der Waals surface area contributed by atoms with Crippen molar-refractivity contribution in [3.63, 3.8) is 0 Å². The van der Waals surface area contributed by atoms with Gasteiger partial charge in [0, 0.05) is 6.20 Å². The number of aromatic nitrogens is 3. The third-order valence-corrected chi connectivity index (χ3v) is 2.43. The first-order valence-electron chi connectivity index (χ1n) is 4.79. The number of rotatable bonds is 0. The maximum Gasteiger partial charge on any atom is 0.158 e. The van der Waals surface area contributed by atoms with Crippen LogP contribution in [0.2, 0.25) is 0 Å². The van der Waals surface area contributed by atoms with Crippen molar-refractivity contribution in [3.05, 3.63) is 29.7 Å². The third-order valence-electron chi connectivity index (χ3n) is 2.43. The number of aryl methyl sites for hydroxylation is 1. The summed E-state index contributed by atoms with van der Waals surface area (Å²) in [5.74, 6) is 0. The molecule has 0 bridgehead atoms. The van der Waals surface area contributed by atoms with Crippen molar-refractivity contribution in [2.45, 2.75) is 33.1 Å². The SMILES string of the molecule is Cc1cc(C(C)(C)C)cn2ncnc12. The molecule has 3 nitrogen and oxygen atoms in total. The average molecular weight is 189 g/mol. The van der Waals surface area contributed by atoms with E-state index in [0.29, 0.717) is 0 Å². The standard InChI is InChI=1S/C11H15N3/c1-8-5-9(11(2,3)4)6-14-10(8)12-7-13-14/h5-7H,1-4H3. The zero-order valence-corrected chi connectivity index (χ0v) is 9.07. The Hall–Kier alpha value is -1.38. The summed E-state index contributed by atoms with van der Waals surface area (Å²) in [5, 5.41) is 4.16. The van der Waals surface area contributed by atoms with Crippen molar-refractivity contribution >= 4 is 5.65 Å². The molecule has 0 aliphatic rings. The van der Waals surface area contributed by atoms with Gasteiger partial charge < -0.3 is 0 Å². The Balaban J connectivity index is 2.70. The largest absolute Gasteiger partial charge is 0.221 e. The lowest BCUT2D eigenvalue weighted by Gasteiger charge is -2.19. The second-order valence-electron chi connectivity index (χ2n) is 4.69. The van der Waals surface area contributed by atoms with Crippen LogP contribution in [0.5, 0.6) is 0 Å². The van der Waals surface area contributed by atoms with E-state index in [0.717, 1.165) is 5.65 Å². The molecule has 0 aromatic carbocycles. The van der Waals surface area contributed by atoms with Crippen molar-refractivity contribution in [3.8, 4) is 0 Å². The first-order valence-corrected chi connectivity index (χ1v) is 4.79. The Morgan fingerprint density at radius 1 is 1.29 bits per heavy atom. The maximum atomic E-state index is 4.19. The van der Waals surface area contributed by atoms with E-state index in [1.54, 1.807) is 6.33 Å². The summed E-state index contributed by atoms with van der Waals surface area (Å²) in [6.07, 6.45) is 3.64. The van der Waals surface area contributed by atoms with Gasteiger partial charge in [0.25, 0.3) is 0 Å². The smallest absolute Gasteiger partial charge is 0.158 e. The molecule has 74 valence electrons. The zero-order valence-electron chi connectivity index (χ0n) is 9.07. The maximum absolute atomic E-state index is 4.19. The molecule has 2 heterocycles. The molecular formula is C11H15N3. The fourth-order valence-electron chi connectivity index (χ4n) is 1.50. The van der Waals surface area contributed by atoms with Gasteiger partial charge in [-0.1, -0.05) is 26.8 Å². The molecule has 0 saturated carbocycles. The molecule has 0 radical (unpaired) electrons.